The average Bonchev–Trinajstić information content (AvgIpc) is 2.96. The normalized spacial score (nSPS) is 26.0. The van der Waals surface area contributed by atoms with Crippen molar-refractivity contribution in [1.29, 1.82) is 0 Å². The third-order valence-electron chi connectivity index (χ3n) is 3.77. The Bertz CT molecular complexity index is 559. The molecular weight excluding hydrogens is 282 g/mol. The Morgan fingerprint density at radius 1 is 1.10 bits per heavy atom. The molecule has 3 rings (SSSR count). The van der Waals surface area contributed by atoms with Crippen LogP contribution in [0.3, 0.4) is 0 Å². The van der Waals surface area contributed by atoms with Crippen molar-refractivity contribution in [3.8, 4) is 0 Å². The summed E-state index contributed by atoms with van der Waals surface area (Å²) < 4.78 is 1.43. The van der Waals surface area contributed by atoms with Crippen LogP contribution in [0.2, 0.25) is 0 Å². The van der Waals surface area contributed by atoms with Crippen LogP contribution in [0.15, 0.2) is 6.20 Å². The van der Waals surface area contributed by atoms with Gasteiger partial charge in [0.05, 0.1) is 37.5 Å². The third-order valence-corrected chi connectivity index (χ3v) is 3.77. The van der Waals surface area contributed by atoms with E-state index in [9.17, 15) is 19.8 Å². The number of aliphatic hydroxyl groups excluding tert-OH is 2. The van der Waals surface area contributed by atoms with Crippen LogP contribution in [0.25, 0.3) is 0 Å². The largest absolute Gasteiger partial charge is 0.476 e. The molecule has 2 unspecified atom stereocenters. The van der Waals surface area contributed by atoms with Crippen molar-refractivity contribution in [3.63, 3.8) is 0 Å². The highest BCUT2D eigenvalue weighted by Crippen LogP contribution is 2.23. The number of aromatic nitrogens is 3. The van der Waals surface area contributed by atoms with Crippen molar-refractivity contribution in [2.75, 3.05) is 26.2 Å². The summed E-state index contributed by atoms with van der Waals surface area (Å²) in [6.07, 6.45) is -0.475. The Labute approximate surface area is 119 Å². The zero-order valence-corrected chi connectivity index (χ0v) is 11.0. The lowest BCUT2D eigenvalue weighted by molar-refractivity contribution is 0.0572. The molecule has 3 heterocycles. The molecule has 10 nitrogen and oxygen atoms in total. The zero-order chi connectivity index (χ0) is 15.1. The molecule has 0 spiro atoms. The summed E-state index contributed by atoms with van der Waals surface area (Å²) in [6.45, 7) is 1.02. The first-order chi connectivity index (χ1) is 9.95. The molecule has 2 aliphatic rings. The standard InChI is InChI=1S/C11H15N5O5/c17-8-4-15(5-9(8)18)11(21)14-1-6(2-14)16-3-7(10(19)20)12-13-16/h3,6,8-9,17-18H,1-2,4-5H2,(H,19,20). The van der Waals surface area contributed by atoms with E-state index in [1.54, 1.807) is 4.90 Å². The van der Waals surface area contributed by atoms with E-state index in [0.717, 1.165) is 0 Å². The number of carbonyl (C=O) groups is 2. The van der Waals surface area contributed by atoms with E-state index in [1.165, 1.54) is 15.8 Å². The van der Waals surface area contributed by atoms with Gasteiger partial charge in [0.2, 0.25) is 0 Å². The number of hydrogen-bond acceptors (Lipinski definition) is 6. The fraction of sp³-hybridized carbons (Fsp3) is 0.636. The summed E-state index contributed by atoms with van der Waals surface area (Å²) in [7, 11) is 0. The maximum atomic E-state index is 12.1. The molecule has 10 heteroatoms. The molecule has 1 aromatic rings. The molecule has 2 saturated heterocycles. The van der Waals surface area contributed by atoms with Crippen molar-refractivity contribution in [2.24, 2.45) is 0 Å². The van der Waals surface area contributed by atoms with Crippen molar-refractivity contribution < 1.29 is 24.9 Å². The lowest BCUT2D eigenvalue weighted by Gasteiger charge is -2.40. The number of likely N-dealkylation sites (tertiary alicyclic amines) is 2. The van der Waals surface area contributed by atoms with Gasteiger partial charge in [-0.05, 0) is 0 Å². The minimum absolute atomic E-state index is 0.105. The number of β-amino-alcohol motifs (C(OH)–C–C–N with tert-alkyl or cyclic N) is 2. The van der Waals surface area contributed by atoms with Gasteiger partial charge in [0.15, 0.2) is 5.69 Å². The van der Waals surface area contributed by atoms with Gasteiger partial charge in [-0.1, -0.05) is 5.21 Å². The second-order valence-corrected chi connectivity index (χ2v) is 5.27. The molecule has 2 fully saturated rings. The lowest BCUT2D eigenvalue weighted by atomic mass is 10.1. The number of aliphatic hydroxyl groups is 2. The number of rotatable bonds is 2. The second-order valence-electron chi connectivity index (χ2n) is 5.27. The monoisotopic (exact) mass is 297 g/mol. The van der Waals surface area contributed by atoms with Crippen LogP contribution >= 0.6 is 0 Å². The molecule has 0 aliphatic carbocycles. The number of amides is 2. The molecule has 0 aromatic carbocycles. The molecule has 1 aromatic heterocycles. The summed E-state index contributed by atoms with van der Waals surface area (Å²) in [4.78, 5) is 25.8. The molecule has 0 saturated carbocycles. The predicted molar refractivity (Wildman–Crippen MR) is 66.6 cm³/mol. The van der Waals surface area contributed by atoms with Crippen LogP contribution < -0.4 is 0 Å². The predicted octanol–water partition coefficient (Wildman–Crippen LogP) is -2.01. The Morgan fingerprint density at radius 2 is 1.67 bits per heavy atom. The van der Waals surface area contributed by atoms with Crippen molar-refractivity contribution in [3.05, 3.63) is 11.9 Å². The van der Waals surface area contributed by atoms with Gasteiger partial charge in [0, 0.05) is 13.1 Å². The van der Waals surface area contributed by atoms with Crippen LogP contribution in [0.4, 0.5) is 4.79 Å². The van der Waals surface area contributed by atoms with E-state index in [-0.39, 0.29) is 30.9 Å². The molecule has 2 aliphatic heterocycles. The number of carbonyl (C=O) groups excluding carboxylic acids is 1. The molecule has 2 amide bonds. The fourth-order valence-corrected chi connectivity index (χ4v) is 2.46. The van der Waals surface area contributed by atoms with Crippen molar-refractivity contribution >= 4 is 12.0 Å². The fourth-order valence-electron chi connectivity index (χ4n) is 2.46. The maximum Gasteiger partial charge on any atom is 0.358 e. The van der Waals surface area contributed by atoms with Crippen molar-refractivity contribution in [2.45, 2.75) is 18.2 Å². The van der Waals surface area contributed by atoms with Gasteiger partial charge in [0.1, 0.15) is 0 Å². The summed E-state index contributed by atoms with van der Waals surface area (Å²) in [5.74, 6) is -1.14. The van der Waals surface area contributed by atoms with E-state index < -0.39 is 18.2 Å². The Kier molecular flexibility index (Phi) is 3.26. The van der Waals surface area contributed by atoms with Gasteiger partial charge >= 0.3 is 12.0 Å². The molecular formula is C11H15N5O5. The highest BCUT2D eigenvalue weighted by molar-refractivity contribution is 5.84. The van der Waals surface area contributed by atoms with Gasteiger partial charge < -0.3 is 25.1 Å². The van der Waals surface area contributed by atoms with Gasteiger partial charge in [0.25, 0.3) is 0 Å². The number of hydrogen-bond donors (Lipinski definition) is 3. The summed E-state index contributed by atoms with van der Waals surface area (Å²) in [5.41, 5.74) is -0.134. The van der Waals surface area contributed by atoms with E-state index in [0.29, 0.717) is 13.1 Å². The van der Waals surface area contributed by atoms with Crippen LogP contribution in [0.5, 0.6) is 0 Å². The third kappa shape index (κ3) is 2.43. The van der Waals surface area contributed by atoms with Crippen molar-refractivity contribution in [1.82, 2.24) is 24.8 Å². The smallest absolute Gasteiger partial charge is 0.358 e. The SMILES string of the molecule is O=C(O)c1cn(C2CN(C(=O)N3CC(O)C(O)C3)C2)nn1. The van der Waals surface area contributed by atoms with E-state index >= 15 is 0 Å². The maximum absolute atomic E-state index is 12.1. The number of urea groups is 1. The van der Waals surface area contributed by atoms with Gasteiger partial charge in [-0.15, -0.1) is 5.10 Å². The number of aromatic carboxylic acids is 1. The molecule has 2 atom stereocenters. The zero-order valence-electron chi connectivity index (χ0n) is 11.0. The van der Waals surface area contributed by atoms with Gasteiger partial charge in [-0.3, -0.25) is 0 Å². The van der Waals surface area contributed by atoms with E-state index in [1.807, 2.05) is 0 Å². The molecule has 0 radical (unpaired) electrons. The first-order valence-electron chi connectivity index (χ1n) is 6.51. The summed E-state index contributed by atoms with van der Waals surface area (Å²) >= 11 is 0. The van der Waals surface area contributed by atoms with Crippen LogP contribution in [-0.4, -0.2) is 90.5 Å². The van der Waals surface area contributed by atoms with Crippen LogP contribution in [0.1, 0.15) is 16.5 Å². The Morgan fingerprint density at radius 3 is 2.19 bits per heavy atom. The minimum atomic E-state index is -1.14. The topological polar surface area (TPSA) is 132 Å². The molecule has 3 N–H and O–H groups in total. The average molecular weight is 297 g/mol. The molecule has 114 valence electrons. The first kappa shape index (κ1) is 13.8. The van der Waals surface area contributed by atoms with Crippen LogP contribution in [-0.2, 0) is 0 Å². The number of carboxylic acids is 1. The van der Waals surface area contributed by atoms with Crippen LogP contribution in [0, 0.1) is 0 Å². The molecule has 21 heavy (non-hydrogen) atoms. The summed E-state index contributed by atoms with van der Waals surface area (Å²) in [6, 6.07) is -0.354. The minimum Gasteiger partial charge on any atom is -0.476 e. The van der Waals surface area contributed by atoms with E-state index in [2.05, 4.69) is 10.3 Å². The second kappa shape index (κ2) is 4.97. The van der Waals surface area contributed by atoms with Gasteiger partial charge in [-0.2, -0.15) is 0 Å². The molecule has 0 bridgehead atoms. The number of nitrogens with zero attached hydrogens (tertiary/aromatic N) is 5. The lowest BCUT2D eigenvalue weighted by Crippen LogP contribution is -2.55. The number of carboxylic acid groups (broad SMARTS) is 1. The Hall–Kier alpha value is -2.20. The quantitative estimate of drug-likeness (QED) is 0.574. The summed E-state index contributed by atoms with van der Waals surface area (Å²) in [5, 5.41) is 34.9. The van der Waals surface area contributed by atoms with E-state index in [4.69, 9.17) is 5.11 Å². The first-order valence-corrected chi connectivity index (χ1v) is 6.51. The van der Waals surface area contributed by atoms with Gasteiger partial charge in [-0.25, -0.2) is 14.3 Å². The Balaban J connectivity index is 1.55. The highest BCUT2D eigenvalue weighted by atomic mass is 16.4. The highest BCUT2D eigenvalue weighted by Gasteiger charge is 2.39.